The SMILES string of the molecule is [c]1[nH]nnc1C1CCCCC1. The smallest absolute Gasteiger partial charge is 0.109 e. The van der Waals surface area contributed by atoms with Gasteiger partial charge in [-0.2, -0.15) is 0 Å². The van der Waals surface area contributed by atoms with Crippen LogP contribution in [0.1, 0.15) is 43.7 Å². The van der Waals surface area contributed by atoms with E-state index in [1.807, 2.05) is 0 Å². The minimum Gasteiger partial charge on any atom is -0.256 e. The molecule has 0 amide bonds. The molecule has 0 bridgehead atoms. The van der Waals surface area contributed by atoms with Crippen molar-refractivity contribution in [1.29, 1.82) is 0 Å². The molecule has 0 unspecified atom stereocenters. The summed E-state index contributed by atoms with van der Waals surface area (Å²) in [5.74, 6) is 0.627. The van der Waals surface area contributed by atoms with Gasteiger partial charge < -0.3 is 0 Å². The van der Waals surface area contributed by atoms with E-state index >= 15 is 0 Å². The summed E-state index contributed by atoms with van der Waals surface area (Å²) in [6.07, 6.45) is 9.55. The van der Waals surface area contributed by atoms with Crippen LogP contribution in [0.4, 0.5) is 0 Å². The standard InChI is InChI=1S/C8H12N3/c1-2-4-7(5-3-1)8-6-9-11-10-8/h7H,1-5H2,(H,9,10,11). The average Bonchev–Trinajstić information content (AvgIpc) is 2.58. The van der Waals surface area contributed by atoms with Crippen LogP contribution in [-0.4, -0.2) is 15.4 Å². The summed E-state index contributed by atoms with van der Waals surface area (Å²) in [6.45, 7) is 0. The van der Waals surface area contributed by atoms with Crippen molar-refractivity contribution in [3.8, 4) is 0 Å². The van der Waals surface area contributed by atoms with Crippen molar-refractivity contribution in [2.45, 2.75) is 38.0 Å². The van der Waals surface area contributed by atoms with E-state index < -0.39 is 0 Å². The summed E-state index contributed by atoms with van der Waals surface area (Å²) in [5.41, 5.74) is 1.03. The number of nitrogens with one attached hydrogen (secondary N) is 1. The zero-order valence-corrected chi connectivity index (χ0v) is 6.51. The molecule has 1 aromatic rings. The Hall–Kier alpha value is -0.860. The van der Waals surface area contributed by atoms with Crippen LogP contribution in [0.25, 0.3) is 0 Å². The van der Waals surface area contributed by atoms with Gasteiger partial charge in [-0.1, -0.05) is 24.5 Å². The molecule has 0 spiro atoms. The first-order valence-electron chi connectivity index (χ1n) is 4.25. The van der Waals surface area contributed by atoms with Crippen LogP contribution in [-0.2, 0) is 0 Å². The molecule has 0 saturated heterocycles. The van der Waals surface area contributed by atoms with Gasteiger partial charge in [-0.15, -0.1) is 5.10 Å². The summed E-state index contributed by atoms with van der Waals surface area (Å²) in [6, 6.07) is 0. The molecule has 3 heteroatoms. The highest BCUT2D eigenvalue weighted by atomic mass is 15.3. The third kappa shape index (κ3) is 1.42. The first-order valence-corrected chi connectivity index (χ1v) is 4.25. The Bertz CT molecular complexity index is 199. The molecular formula is C8H12N3. The third-order valence-corrected chi connectivity index (χ3v) is 2.38. The van der Waals surface area contributed by atoms with Crippen molar-refractivity contribution < 1.29 is 0 Å². The maximum Gasteiger partial charge on any atom is 0.109 e. The molecule has 0 aromatic carbocycles. The molecule has 1 heterocycles. The summed E-state index contributed by atoms with van der Waals surface area (Å²) in [4.78, 5) is 0. The Kier molecular flexibility index (Phi) is 1.88. The van der Waals surface area contributed by atoms with Crippen LogP contribution in [0.2, 0.25) is 0 Å². The monoisotopic (exact) mass is 150 g/mol. The van der Waals surface area contributed by atoms with E-state index in [4.69, 9.17) is 0 Å². The van der Waals surface area contributed by atoms with Gasteiger partial charge in [-0.3, -0.25) is 5.10 Å². The first kappa shape index (κ1) is 6.83. The van der Waals surface area contributed by atoms with Crippen molar-refractivity contribution in [3.63, 3.8) is 0 Å². The molecule has 0 aliphatic heterocycles. The summed E-state index contributed by atoms with van der Waals surface area (Å²) >= 11 is 0. The molecule has 2 rings (SSSR count). The molecule has 1 radical (unpaired) electrons. The predicted octanol–water partition coefficient (Wildman–Crippen LogP) is 1.65. The van der Waals surface area contributed by atoms with Gasteiger partial charge >= 0.3 is 0 Å². The van der Waals surface area contributed by atoms with Gasteiger partial charge in [0.1, 0.15) is 6.20 Å². The van der Waals surface area contributed by atoms with E-state index in [0.717, 1.165) is 5.69 Å². The fraction of sp³-hybridized carbons (Fsp3) is 0.750. The van der Waals surface area contributed by atoms with E-state index in [9.17, 15) is 0 Å². The highest BCUT2D eigenvalue weighted by molar-refractivity contribution is 4.99. The molecule has 11 heavy (non-hydrogen) atoms. The minimum absolute atomic E-state index is 0.627. The second-order valence-electron chi connectivity index (χ2n) is 3.16. The number of H-pyrrole nitrogens is 1. The van der Waals surface area contributed by atoms with Gasteiger partial charge in [0.05, 0.1) is 5.69 Å². The van der Waals surface area contributed by atoms with Gasteiger partial charge in [0.2, 0.25) is 0 Å². The summed E-state index contributed by atoms with van der Waals surface area (Å²) in [5, 5.41) is 10.3. The summed E-state index contributed by atoms with van der Waals surface area (Å²) in [7, 11) is 0. The van der Waals surface area contributed by atoms with E-state index in [1.54, 1.807) is 0 Å². The molecule has 59 valence electrons. The zero-order valence-electron chi connectivity index (χ0n) is 6.51. The first-order chi connectivity index (χ1) is 5.47. The minimum atomic E-state index is 0.627. The van der Waals surface area contributed by atoms with E-state index in [0.29, 0.717) is 5.92 Å². The molecule has 1 fully saturated rings. The second-order valence-corrected chi connectivity index (χ2v) is 3.16. The van der Waals surface area contributed by atoms with Crippen molar-refractivity contribution in [2.75, 3.05) is 0 Å². The van der Waals surface area contributed by atoms with Crippen molar-refractivity contribution in [1.82, 2.24) is 15.4 Å². The molecule has 1 aliphatic rings. The van der Waals surface area contributed by atoms with Crippen molar-refractivity contribution in [2.24, 2.45) is 0 Å². The van der Waals surface area contributed by atoms with Crippen LogP contribution >= 0.6 is 0 Å². The Morgan fingerprint density at radius 2 is 2.09 bits per heavy atom. The summed E-state index contributed by atoms with van der Waals surface area (Å²) < 4.78 is 0. The van der Waals surface area contributed by atoms with Gasteiger partial charge in [0, 0.05) is 5.92 Å². The molecule has 1 aliphatic carbocycles. The highest BCUT2D eigenvalue weighted by Gasteiger charge is 2.17. The van der Waals surface area contributed by atoms with Crippen molar-refractivity contribution in [3.05, 3.63) is 11.9 Å². The van der Waals surface area contributed by atoms with E-state index in [2.05, 4.69) is 21.6 Å². The molecule has 1 saturated carbocycles. The van der Waals surface area contributed by atoms with E-state index in [-0.39, 0.29) is 0 Å². The molecule has 1 N–H and O–H groups in total. The van der Waals surface area contributed by atoms with Gasteiger partial charge in [0.15, 0.2) is 0 Å². The van der Waals surface area contributed by atoms with Gasteiger partial charge in [-0.05, 0) is 12.8 Å². The molecule has 3 nitrogen and oxygen atoms in total. The van der Waals surface area contributed by atoms with Crippen molar-refractivity contribution >= 4 is 0 Å². The fourth-order valence-electron chi connectivity index (χ4n) is 1.75. The Labute approximate surface area is 66.2 Å². The number of aromatic amines is 1. The lowest BCUT2D eigenvalue weighted by Gasteiger charge is -2.18. The van der Waals surface area contributed by atoms with Crippen LogP contribution in [0.15, 0.2) is 0 Å². The highest BCUT2D eigenvalue weighted by Crippen LogP contribution is 2.30. The molecule has 0 atom stereocenters. The number of nitrogens with zero attached hydrogens (tertiary/aromatic N) is 2. The number of rotatable bonds is 1. The van der Waals surface area contributed by atoms with Gasteiger partial charge in [-0.25, -0.2) is 0 Å². The quantitative estimate of drug-likeness (QED) is 0.661. The van der Waals surface area contributed by atoms with Crippen LogP contribution in [0, 0.1) is 6.20 Å². The Morgan fingerprint density at radius 1 is 1.27 bits per heavy atom. The largest absolute Gasteiger partial charge is 0.256 e. The maximum absolute atomic E-state index is 3.98. The number of hydrogen-bond donors (Lipinski definition) is 1. The number of hydrogen-bond acceptors (Lipinski definition) is 2. The van der Waals surface area contributed by atoms with Crippen LogP contribution < -0.4 is 0 Å². The lowest BCUT2D eigenvalue weighted by molar-refractivity contribution is 0.436. The molecular weight excluding hydrogens is 138 g/mol. The van der Waals surface area contributed by atoms with Gasteiger partial charge in [0.25, 0.3) is 0 Å². The van der Waals surface area contributed by atoms with Crippen LogP contribution in [0.3, 0.4) is 0 Å². The lowest BCUT2D eigenvalue weighted by atomic mass is 9.87. The Balaban J connectivity index is 2.04. The van der Waals surface area contributed by atoms with E-state index in [1.165, 1.54) is 32.1 Å². The Morgan fingerprint density at radius 3 is 2.73 bits per heavy atom. The number of aromatic nitrogens is 3. The zero-order chi connectivity index (χ0) is 7.52. The lowest BCUT2D eigenvalue weighted by Crippen LogP contribution is -2.04. The normalized spacial score (nSPS) is 20.4. The third-order valence-electron chi connectivity index (χ3n) is 2.38. The molecule has 1 aromatic heterocycles. The van der Waals surface area contributed by atoms with Crippen LogP contribution in [0.5, 0.6) is 0 Å². The maximum atomic E-state index is 3.98. The topological polar surface area (TPSA) is 41.6 Å². The fourth-order valence-corrected chi connectivity index (χ4v) is 1.75. The predicted molar refractivity (Wildman–Crippen MR) is 41.0 cm³/mol. The average molecular weight is 150 g/mol. The second kappa shape index (κ2) is 3.03.